The minimum Gasteiger partial charge on any atom is -0.481 e. The largest absolute Gasteiger partial charge is 0.481 e. The van der Waals surface area contributed by atoms with Crippen LogP contribution in [0.25, 0.3) is 0 Å². The molecular formula is C22H41N7O8. The highest BCUT2D eigenvalue weighted by atomic mass is 16.4. The number of hydrogen-bond donors (Lipinski definition) is 9. The summed E-state index contributed by atoms with van der Waals surface area (Å²) in [5.74, 6) is -5.44. The second kappa shape index (κ2) is 18.9. The number of nitrogens with one attached hydrogen (secondary N) is 3. The Bertz CT molecular complexity index is 780. The lowest BCUT2D eigenvalue weighted by molar-refractivity contribution is -0.143. The van der Waals surface area contributed by atoms with E-state index in [-0.39, 0.29) is 38.5 Å². The molecule has 0 aromatic rings. The van der Waals surface area contributed by atoms with E-state index in [0.717, 1.165) is 0 Å². The van der Waals surface area contributed by atoms with Gasteiger partial charge in [0.05, 0.1) is 6.04 Å². The van der Waals surface area contributed by atoms with Crippen LogP contribution >= 0.6 is 0 Å². The lowest BCUT2D eigenvalue weighted by Gasteiger charge is -2.25. The van der Waals surface area contributed by atoms with Crippen molar-refractivity contribution in [3.8, 4) is 0 Å². The van der Waals surface area contributed by atoms with Gasteiger partial charge in [0.2, 0.25) is 23.6 Å². The molecule has 13 N–H and O–H groups in total. The second-order valence-corrected chi connectivity index (χ2v) is 8.63. The van der Waals surface area contributed by atoms with Crippen LogP contribution < -0.4 is 38.9 Å². The highest BCUT2D eigenvalue weighted by molar-refractivity contribution is 5.94. The first-order chi connectivity index (χ1) is 17.4. The molecule has 0 saturated heterocycles. The predicted molar refractivity (Wildman–Crippen MR) is 133 cm³/mol. The molecule has 4 atom stereocenters. The van der Waals surface area contributed by atoms with Crippen LogP contribution in [0.4, 0.5) is 0 Å². The molecule has 0 fully saturated rings. The quantitative estimate of drug-likeness (QED) is 0.0683. The van der Waals surface area contributed by atoms with Crippen molar-refractivity contribution < 1.29 is 39.0 Å². The molecule has 0 saturated carbocycles. The molecule has 0 aliphatic rings. The highest BCUT2D eigenvalue weighted by Gasteiger charge is 2.30. The molecule has 0 bridgehead atoms. The summed E-state index contributed by atoms with van der Waals surface area (Å²) in [4.78, 5) is 71.7. The molecule has 0 radical (unpaired) electrons. The maximum atomic E-state index is 13.1. The van der Waals surface area contributed by atoms with Crippen LogP contribution in [0.2, 0.25) is 0 Å². The molecule has 0 aromatic heterocycles. The second-order valence-electron chi connectivity index (χ2n) is 8.63. The molecule has 212 valence electrons. The maximum Gasteiger partial charge on any atom is 0.326 e. The number of hydrogen-bond acceptors (Lipinski definition) is 9. The molecule has 4 amide bonds. The Labute approximate surface area is 215 Å². The standard InChI is InChI=1S/C22H41N7O8/c23-11-3-1-5-14(27-19(33)13(25)7-10-18(31)32)20(34)28-15(6-2-4-12-24)21(35)29-16(22(36)37)8-9-17(26)30/h13-16H,1-12,23-25H2,(H2,26,30)(H,27,33)(H,28,34)(H,29,35)(H,31,32)(H,36,37). The van der Waals surface area contributed by atoms with Crippen molar-refractivity contribution in [1.82, 2.24) is 16.0 Å². The van der Waals surface area contributed by atoms with Gasteiger partial charge in [0.15, 0.2) is 0 Å². The first-order valence-corrected chi connectivity index (χ1v) is 12.2. The Hall–Kier alpha value is -3.30. The van der Waals surface area contributed by atoms with E-state index in [1.54, 1.807) is 0 Å². The molecule has 4 unspecified atom stereocenters. The molecule has 37 heavy (non-hydrogen) atoms. The van der Waals surface area contributed by atoms with Gasteiger partial charge in [-0.1, -0.05) is 0 Å². The van der Waals surface area contributed by atoms with Crippen LogP contribution in [0, 0.1) is 0 Å². The zero-order valence-corrected chi connectivity index (χ0v) is 20.9. The number of aliphatic carboxylic acids is 2. The van der Waals surface area contributed by atoms with Crippen LogP contribution in [0.3, 0.4) is 0 Å². The fourth-order valence-corrected chi connectivity index (χ4v) is 3.30. The van der Waals surface area contributed by atoms with Crippen molar-refractivity contribution in [3.05, 3.63) is 0 Å². The Morgan fingerprint density at radius 1 is 0.622 bits per heavy atom. The van der Waals surface area contributed by atoms with Crippen molar-refractivity contribution in [1.29, 1.82) is 0 Å². The fraction of sp³-hybridized carbons (Fsp3) is 0.727. The summed E-state index contributed by atoms with van der Waals surface area (Å²) < 4.78 is 0. The number of rotatable bonds is 21. The van der Waals surface area contributed by atoms with Crippen LogP contribution in [0.1, 0.15) is 64.2 Å². The molecule has 15 heteroatoms. The third-order valence-corrected chi connectivity index (χ3v) is 5.46. The fourth-order valence-electron chi connectivity index (χ4n) is 3.30. The minimum atomic E-state index is -1.40. The molecule has 0 heterocycles. The summed E-state index contributed by atoms with van der Waals surface area (Å²) in [6.45, 7) is 0.692. The lowest BCUT2D eigenvalue weighted by atomic mass is 10.0. The van der Waals surface area contributed by atoms with E-state index in [9.17, 15) is 33.9 Å². The number of carboxylic acid groups (broad SMARTS) is 2. The van der Waals surface area contributed by atoms with Crippen molar-refractivity contribution in [2.24, 2.45) is 22.9 Å². The van der Waals surface area contributed by atoms with E-state index in [4.69, 9.17) is 28.0 Å². The van der Waals surface area contributed by atoms with E-state index in [1.807, 2.05) is 0 Å². The minimum absolute atomic E-state index is 0.135. The molecule has 0 aliphatic carbocycles. The van der Waals surface area contributed by atoms with Crippen molar-refractivity contribution in [3.63, 3.8) is 0 Å². The Kier molecular flexibility index (Phi) is 17.2. The number of primary amides is 1. The Morgan fingerprint density at radius 3 is 1.49 bits per heavy atom. The number of carboxylic acids is 2. The van der Waals surface area contributed by atoms with Crippen LogP contribution in [-0.2, 0) is 28.8 Å². The summed E-state index contributed by atoms with van der Waals surface area (Å²) in [7, 11) is 0. The van der Waals surface area contributed by atoms with E-state index in [2.05, 4.69) is 16.0 Å². The van der Waals surface area contributed by atoms with Gasteiger partial charge in [-0.2, -0.15) is 0 Å². The maximum absolute atomic E-state index is 13.1. The summed E-state index contributed by atoms with van der Waals surface area (Å²) in [5.41, 5.74) is 21.8. The average molecular weight is 532 g/mol. The zero-order valence-electron chi connectivity index (χ0n) is 20.9. The number of carbonyl (C=O) groups excluding carboxylic acids is 4. The van der Waals surface area contributed by atoms with Gasteiger partial charge in [0.25, 0.3) is 0 Å². The summed E-state index contributed by atoms with van der Waals surface area (Å²) >= 11 is 0. The average Bonchev–Trinajstić information content (AvgIpc) is 2.83. The van der Waals surface area contributed by atoms with Crippen molar-refractivity contribution in [2.75, 3.05) is 13.1 Å². The van der Waals surface area contributed by atoms with Gasteiger partial charge >= 0.3 is 11.9 Å². The van der Waals surface area contributed by atoms with Crippen LogP contribution in [-0.4, -0.2) is 83.0 Å². The molecule has 0 spiro atoms. The van der Waals surface area contributed by atoms with Gasteiger partial charge in [0.1, 0.15) is 18.1 Å². The number of amides is 4. The van der Waals surface area contributed by atoms with Gasteiger partial charge in [-0.3, -0.25) is 24.0 Å². The Morgan fingerprint density at radius 2 is 1.08 bits per heavy atom. The summed E-state index contributed by atoms with van der Waals surface area (Å²) in [6.07, 6.45) is 1.36. The van der Waals surface area contributed by atoms with Gasteiger partial charge < -0.3 is 49.1 Å². The van der Waals surface area contributed by atoms with Gasteiger partial charge in [-0.25, -0.2) is 4.79 Å². The zero-order chi connectivity index (χ0) is 28.4. The third-order valence-electron chi connectivity index (χ3n) is 5.46. The van der Waals surface area contributed by atoms with Gasteiger partial charge in [-0.05, 0) is 64.5 Å². The molecule has 0 aliphatic heterocycles. The van der Waals surface area contributed by atoms with Gasteiger partial charge in [0, 0.05) is 12.8 Å². The first kappa shape index (κ1) is 33.7. The number of unbranched alkanes of at least 4 members (excludes halogenated alkanes) is 2. The normalized spacial score (nSPS) is 14.0. The molecule has 15 nitrogen and oxygen atoms in total. The van der Waals surface area contributed by atoms with E-state index >= 15 is 0 Å². The highest BCUT2D eigenvalue weighted by Crippen LogP contribution is 2.08. The van der Waals surface area contributed by atoms with Crippen LogP contribution in [0.5, 0.6) is 0 Å². The Balaban J connectivity index is 5.53. The van der Waals surface area contributed by atoms with Gasteiger partial charge in [-0.15, -0.1) is 0 Å². The third kappa shape index (κ3) is 15.4. The number of carbonyl (C=O) groups is 6. The lowest BCUT2D eigenvalue weighted by Crippen LogP contribution is -2.57. The first-order valence-electron chi connectivity index (χ1n) is 12.2. The molecular weight excluding hydrogens is 490 g/mol. The number of nitrogens with two attached hydrogens (primary N) is 4. The van der Waals surface area contributed by atoms with Crippen LogP contribution in [0.15, 0.2) is 0 Å². The summed E-state index contributed by atoms with van der Waals surface area (Å²) in [6, 6.07) is -4.80. The SMILES string of the molecule is NCCCCC(NC(=O)C(N)CCC(=O)O)C(=O)NC(CCCCN)C(=O)NC(CCC(N)=O)C(=O)O. The molecule has 0 aromatic carbocycles. The van der Waals surface area contributed by atoms with E-state index < -0.39 is 59.7 Å². The van der Waals surface area contributed by atoms with E-state index in [1.165, 1.54) is 0 Å². The van der Waals surface area contributed by atoms with E-state index in [0.29, 0.717) is 38.8 Å². The van der Waals surface area contributed by atoms with Crippen molar-refractivity contribution >= 4 is 35.6 Å². The predicted octanol–water partition coefficient (Wildman–Crippen LogP) is -2.76. The monoisotopic (exact) mass is 531 g/mol. The molecule has 0 rings (SSSR count). The van der Waals surface area contributed by atoms with Crippen molar-refractivity contribution in [2.45, 2.75) is 88.4 Å². The summed E-state index contributed by atoms with van der Waals surface area (Å²) in [5, 5.41) is 25.5. The topological polar surface area (TPSA) is 283 Å². The smallest absolute Gasteiger partial charge is 0.326 e.